The smallest absolute Gasteiger partial charge is 0.210 e. The van der Waals surface area contributed by atoms with Crippen molar-refractivity contribution >= 4 is 11.4 Å². The van der Waals surface area contributed by atoms with E-state index >= 15 is 0 Å². The molecule has 3 aromatic rings. The summed E-state index contributed by atoms with van der Waals surface area (Å²) in [6.45, 7) is 11.1. The molecule has 0 radical (unpaired) electrons. The molecular weight excluding hydrogens is 472 g/mol. The van der Waals surface area contributed by atoms with Gasteiger partial charge in [-0.3, -0.25) is 0 Å². The van der Waals surface area contributed by atoms with Gasteiger partial charge in [0.05, 0.1) is 0 Å². The summed E-state index contributed by atoms with van der Waals surface area (Å²) in [5.41, 5.74) is 24.8. The summed E-state index contributed by atoms with van der Waals surface area (Å²) in [4.78, 5) is 0. The summed E-state index contributed by atoms with van der Waals surface area (Å²) < 4.78 is 1.43. The van der Waals surface area contributed by atoms with Gasteiger partial charge in [-0.25, -0.2) is 4.70 Å². The van der Waals surface area contributed by atoms with Crippen molar-refractivity contribution in [3.63, 3.8) is 0 Å². The maximum atomic E-state index is 11.6. The highest BCUT2D eigenvalue weighted by Crippen LogP contribution is 2.39. The van der Waals surface area contributed by atoms with E-state index < -0.39 is 0 Å². The normalized spacial score (nSPS) is 13.4. The van der Waals surface area contributed by atoms with Crippen molar-refractivity contribution in [2.24, 2.45) is 0 Å². The van der Waals surface area contributed by atoms with Crippen LogP contribution in [-0.2, 0) is 25.7 Å². The standard InChI is InChI=1S/C37H46N2/c1-6-10-12-14-18-29-21-22-32(25-31(29)17-11-7-2)36-23-27(5)37(39(36)38)33-24-28(8-3)34(9-4)35(26-33)30-19-15-13-16-20-30/h13,15-16,19-26H,6-12,14,17-18H2,1-5H3. The van der Waals surface area contributed by atoms with Crippen LogP contribution in [0, 0.1) is 0 Å². The molecule has 2 nitrogen and oxygen atoms in total. The average molecular weight is 519 g/mol. The number of hydrogen-bond donors (Lipinski definition) is 0. The van der Waals surface area contributed by atoms with Crippen LogP contribution in [0.1, 0.15) is 107 Å². The van der Waals surface area contributed by atoms with Gasteiger partial charge in [0.15, 0.2) is 0 Å². The fourth-order valence-corrected chi connectivity index (χ4v) is 6.03. The van der Waals surface area contributed by atoms with Crippen molar-refractivity contribution in [2.45, 2.75) is 98.8 Å². The first-order valence-corrected chi connectivity index (χ1v) is 15.3. The van der Waals surface area contributed by atoms with Crippen LogP contribution in [0.5, 0.6) is 0 Å². The molecule has 0 saturated carbocycles. The minimum Gasteiger partial charge on any atom is -0.493 e. The van der Waals surface area contributed by atoms with Gasteiger partial charge in [0.1, 0.15) is 0 Å². The third-order valence-corrected chi connectivity index (χ3v) is 8.20. The minimum atomic E-state index is 0.872. The molecule has 4 rings (SSSR count). The molecule has 2 heteroatoms. The van der Waals surface area contributed by atoms with Crippen LogP contribution in [0.25, 0.3) is 28.1 Å². The fourth-order valence-electron chi connectivity index (χ4n) is 6.03. The molecule has 39 heavy (non-hydrogen) atoms. The number of aryl methyl sites for hydroxylation is 3. The highest BCUT2D eigenvalue weighted by Gasteiger charge is 2.28. The van der Waals surface area contributed by atoms with E-state index in [1.165, 1.54) is 76.6 Å². The Bertz CT molecular complexity index is 1360. The van der Waals surface area contributed by atoms with Gasteiger partial charge in [-0.1, -0.05) is 89.8 Å². The maximum Gasteiger partial charge on any atom is 0.210 e. The van der Waals surface area contributed by atoms with Crippen LogP contribution < -0.4 is 0 Å². The van der Waals surface area contributed by atoms with Gasteiger partial charge in [-0.2, -0.15) is 0 Å². The molecular formula is C37H46N2. The van der Waals surface area contributed by atoms with Gasteiger partial charge in [0.25, 0.3) is 0 Å². The fraction of sp³-hybridized carbons (Fsp3) is 0.405. The quantitative estimate of drug-likeness (QED) is 0.159. The van der Waals surface area contributed by atoms with Crippen molar-refractivity contribution < 1.29 is 4.70 Å². The van der Waals surface area contributed by atoms with E-state index in [9.17, 15) is 5.53 Å². The summed E-state index contributed by atoms with van der Waals surface area (Å²) >= 11 is 0. The molecule has 0 fully saturated rings. The van der Waals surface area contributed by atoms with Crippen LogP contribution in [0.2, 0.25) is 0 Å². The van der Waals surface area contributed by atoms with Crippen molar-refractivity contribution in [3.05, 3.63) is 111 Å². The molecule has 1 aliphatic heterocycles. The molecule has 1 aliphatic rings. The minimum absolute atomic E-state index is 0.872. The number of rotatable bonds is 13. The van der Waals surface area contributed by atoms with Crippen LogP contribution in [-0.4, -0.2) is 4.70 Å². The summed E-state index contributed by atoms with van der Waals surface area (Å²) in [6, 6.07) is 22.1. The zero-order valence-corrected chi connectivity index (χ0v) is 24.8. The number of unbranched alkanes of at least 4 members (excludes halogenated alkanes) is 4. The molecule has 0 aliphatic carbocycles. The lowest BCUT2D eigenvalue weighted by Crippen LogP contribution is -2.06. The van der Waals surface area contributed by atoms with Gasteiger partial charge in [0, 0.05) is 22.8 Å². The first-order chi connectivity index (χ1) is 19.0. The number of nitrogens with zero attached hydrogens (tertiary/aromatic N) is 2. The van der Waals surface area contributed by atoms with E-state index in [-0.39, 0.29) is 0 Å². The average Bonchev–Trinajstić information content (AvgIpc) is 3.27. The predicted octanol–water partition coefficient (Wildman–Crippen LogP) is 10.8. The first-order valence-electron chi connectivity index (χ1n) is 15.3. The predicted molar refractivity (Wildman–Crippen MR) is 168 cm³/mol. The molecule has 0 spiro atoms. The Kier molecular flexibility index (Phi) is 10.1. The van der Waals surface area contributed by atoms with E-state index in [2.05, 4.69) is 101 Å². The Balaban J connectivity index is 1.68. The zero-order valence-electron chi connectivity index (χ0n) is 24.8. The lowest BCUT2D eigenvalue weighted by Gasteiger charge is -2.17. The lowest BCUT2D eigenvalue weighted by atomic mass is 9.89. The number of allylic oxidation sites excluding steroid dienone is 2. The second-order valence-corrected chi connectivity index (χ2v) is 11.0. The van der Waals surface area contributed by atoms with E-state index in [4.69, 9.17) is 0 Å². The Morgan fingerprint density at radius 1 is 0.641 bits per heavy atom. The van der Waals surface area contributed by atoms with Crippen LogP contribution in [0.15, 0.2) is 72.3 Å². The highest BCUT2D eigenvalue weighted by molar-refractivity contribution is 5.81. The maximum absolute atomic E-state index is 11.6. The third kappa shape index (κ3) is 6.49. The topological polar surface area (TPSA) is 25.3 Å². The molecule has 0 aromatic heterocycles. The summed E-state index contributed by atoms with van der Waals surface area (Å²) in [5, 5.41) is 0. The van der Waals surface area contributed by atoms with Crippen LogP contribution >= 0.6 is 0 Å². The van der Waals surface area contributed by atoms with Gasteiger partial charge < -0.3 is 5.53 Å². The van der Waals surface area contributed by atoms with Crippen molar-refractivity contribution in [3.8, 4) is 11.1 Å². The molecule has 1 heterocycles. The number of benzene rings is 3. The summed E-state index contributed by atoms with van der Waals surface area (Å²) in [7, 11) is 0. The van der Waals surface area contributed by atoms with Crippen LogP contribution in [0.4, 0.5) is 0 Å². The Morgan fingerprint density at radius 3 is 2.05 bits per heavy atom. The van der Waals surface area contributed by atoms with E-state index in [1.54, 1.807) is 0 Å². The van der Waals surface area contributed by atoms with Gasteiger partial charge in [-0.15, -0.1) is 0 Å². The molecule has 0 N–H and O–H groups in total. The molecule has 0 atom stereocenters. The van der Waals surface area contributed by atoms with E-state index in [1.807, 2.05) is 0 Å². The van der Waals surface area contributed by atoms with Crippen molar-refractivity contribution in [2.75, 3.05) is 0 Å². The summed E-state index contributed by atoms with van der Waals surface area (Å²) in [6.07, 6.45) is 13.9. The van der Waals surface area contributed by atoms with Crippen molar-refractivity contribution in [1.82, 2.24) is 0 Å². The van der Waals surface area contributed by atoms with Gasteiger partial charge in [-0.05, 0) is 103 Å². The van der Waals surface area contributed by atoms with Gasteiger partial charge in [0.2, 0.25) is 11.4 Å². The molecule has 3 aromatic carbocycles. The Morgan fingerprint density at radius 2 is 1.36 bits per heavy atom. The zero-order chi connectivity index (χ0) is 27.8. The van der Waals surface area contributed by atoms with Crippen molar-refractivity contribution in [1.29, 1.82) is 0 Å². The first kappa shape index (κ1) is 28.7. The number of hydrogen-bond acceptors (Lipinski definition) is 0. The third-order valence-electron chi connectivity index (χ3n) is 8.20. The Labute approximate surface area is 237 Å². The largest absolute Gasteiger partial charge is 0.493 e. The second-order valence-electron chi connectivity index (χ2n) is 11.0. The van der Waals surface area contributed by atoms with E-state index in [0.29, 0.717) is 0 Å². The lowest BCUT2D eigenvalue weighted by molar-refractivity contribution is -0.344. The highest BCUT2D eigenvalue weighted by atomic mass is 15.2. The monoisotopic (exact) mass is 518 g/mol. The second kappa shape index (κ2) is 13.7. The molecule has 0 saturated heterocycles. The van der Waals surface area contributed by atoms with E-state index in [0.717, 1.165) is 53.8 Å². The molecule has 0 amide bonds. The SMILES string of the molecule is CCCCCCc1ccc(C2=CC(C)=C(c3cc(CC)c(CC)c(-c4ccccc4)c3)[N+]2=[N-])cc1CCCC. The Hall–Kier alpha value is -3.26. The summed E-state index contributed by atoms with van der Waals surface area (Å²) in [5.74, 6) is 0. The van der Waals surface area contributed by atoms with Crippen LogP contribution in [0.3, 0.4) is 0 Å². The molecule has 0 unspecified atom stereocenters. The van der Waals surface area contributed by atoms with Gasteiger partial charge >= 0.3 is 0 Å². The molecule has 204 valence electrons. The molecule has 0 bridgehead atoms.